The molecule has 0 aliphatic rings. The lowest BCUT2D eigenvalue weighted by Gasteiger charge is -2.26. The van der Waals surface area contributed by atoms with Gasteiger partial charge >= 0.3 is 23.9 Å². The van der Waals surface area contributed by atoms with Gasteiger partial charge in [0.1, 0.15) is 42.0 Å². The Bertz CT molecular complexity index is 2260. The minimum atomic E-state index is -2.02. The topological polar surface area (TPSA) is 490 Å². The van der Waals surface area contributed by atoms with E-state index in [1.807, 2.05) is 0 Å². The van der Waals surface area contributed by atoms with E-state index in [4.69, 9.17) is 22.9 Å². The second kappa shape index (κ2) is 31.7. The van der Waals surface area contributed by atoms with Gasteiger partial charge in [-0.1, -0.05) is 42.5 Å². The fourth-order valence-corrected chi connectivity index (χ4v) is 6.75. The zero-order valence-electron chi connectivity index (χ0n) is 39.6. The lowest BCUT2D eigenvalue weighted by molar-refractivity contribution is -0.142. The third kappa shape index (κ3) is 24.3. The lowest BCUT2D eigenvalue weighted by Crippen LogP contribution is -2.60. The smallest absolute Gasteiger partial charge is 0.326 e. The van der Waals surface area contributed by atoms with E-state index in [1.165, 1.54) is 24.3 Å². The molecule has 0 aliphatic carbocycles. The number of amides is 7. The molecule has 7 amide bonds. The summed E-state index contributed by atoms with van der Waals surface area (Å²) in [5.74, 6) is -14.2. The summed E-state index contributed by atoms with van der Waals surface area (Å²) in [4.78, 5) is 146. The number of rotatable bonds is 34. The summed E-state index contributed by atoms with van der Waals surface area (Å²) in [5.41, 5.74) is 22.8. The molecule has 0 saturated carbocycles. The Hall–Kier alpha value is -8.40. The van der Waals surface area contributed by atoms with Gasteiger partial charge < -0.3 is 85.7 Å². The van der Waals surface area contributed by atoms with E-state index < -0.39 is 146 Å². The molecule has 28 heteroatoms. The monoisotopic (exact) mass is 1030 g/mol. The van der Waals surface area contributed by atoms with Crippen LogP contribution in [0.3, 0.4) is 0 Å². The molecule has 0 heterocycles. The molecule has 0 bridgehead atoms. The van der Waals surface area contributed by atoms with Crippen molar-refractivity contribution >= 4 is 71.2 Å². The van der Waals surface area contributed by atoms with Crippen LogP contribution in [0, 0.1) is 0 Å². The number of nitrogens with two attached hydrogens (primary N) is 4. The molecule has 0 fully saturated rings. The molecule has 28 nitrogen and oxygen atoms in total. The normalized spacial score (nSPS) is 13.6. The maximum atomic E-state index is 14.0. The van der Waals surface area contributed by atoms with Crippen molar-refractivity contribution in [2.45, 2.75) is 113 Å². The van der Waals surface area contributed by atoms with E-state index in [-0.39, 0.29) is 56.0 Å². The van der Waals surface area contributed by atoms with Crippen molar-refractivity contribution in [3.05, 3.63) is 65.7 Å². The molecule has 0 radical (unpaired) electrons. The summed E-state index contributed by atoms with van der Waals surface area (Å²) in [6, 6.07) is 2.00. The number of aliphatic imine (C=N–C) groups is 1. The van der Waals surface area contributed by atoms with Crippen molar-refractivity contribution in [1.29, 1.82) is 0 Å². The first-order valence-electron chi connectivity index (χ1n) is 22.8. The fraction of sp³-hybridized carbons (Fsp3) is 0.467. The zero-order valence-corrected chi connectivity index (χ0v) is 39.6. The number of phenols is 1. The summed E-state index contributed by atoms with van der Waals surface area (Å²) in [6.07, 6.45) is -2.92. The number of carbonyl (C=O) groups is 11. The number of hydrogen-bond acceptors (Lipinski definition) is 15. The molecule has 0 saturated heterocycles. The van der Waals surface area contributed by atoms with Crippen LogP contribution in [0.5, 0.6) is 5.75 Å². The summed E-state index contributed by atoms with van der Waals surface area (Å²) in [7, 11) is 0. The van der Waals surface area contributed by atoms with Crippen LogP contribution in [0.15, 0.2) is 59.6 Å². The Morgan fingerprint density at radius 1 is 0.521 bits per heavy atom. The molecule has 73 heavy (non-hydrogen) atoms. The second-order valence-corrected chi connectivity index (χ2v) is 16.5. The number of phenolic OH excluding ortho intramolecular Hbond substituents is 1. The first-order chi connectivity index (χ1) is 34.5. The number of carboxylic acid groups (broad SMARTS) is 4. The molecule has 2 aromatic rings. The Labute approximate surface area is 417 Å². The maximum Gasteiger partial charge on any atom is 0.326 e. The highest BCUT2D eigenvalue weighted by atomic mass is 16.4. The number of guanidine groups is 1. The van der Waals surface area contributed by atoms with Crippen LogP contribution in [-0.4, -0.2) is 159 Å². The van der Waals surface area contributed by atoms with Gasteiger partial charge in [0.05, 0.1) is 25.4 Å². The lowest BCUT2D eigenvalue weighted by atomic mass is 10.0. The van der Waals surface area contributed by atoms with E-state index in [2.05, 4.69) is 42.2 Å². The summed E-state index contributed by atoms with van der Waals surface area (Å²) in [6.45, 7) is -0.506. The molecule has 0 aliphatic heterocycles. The van der Waals surface area contributed by atoms with Crippen molar-refractivity contribution in [3.8, 4) is 5.75 Å². The number of unbranched alkanes of at least 4 members (excludes halogenated alkanes) is 1. The van der Waals surface area contributed by atoms with Crippen LogP contribution in [0.2, 0.25) is 0 Å². The minimum Gasteiger partial charge on any atom is -0.508 e. The van der Waals surface area contributed by atoms with Crippen molar-refractivity contribution in [2.24, 2.45) is 27.9 Å². The zero-order chi connectivity index (χ0) is 54.6. The quantitative estimate of drug-likeness (QED) is 0.0179. The molecule has 7 unspecified atom stereocenters. The molecule has 0 spiro atoms. The van der Waals surface area contributed by atoms with Crippen molar-refractivity contribution in [2.75, 3.05) is 19.6 Å². The molecule has 2 rings (SSSR count). The third-order valence-corrected chi connectivity index (χ3v) is 10.5. The number of carbonyl (C=O) groups excluding carboxylic acids is 7. The highest BCUT2D eigenvalue weighted by Gasteiger charge is 2.34. The molecule has 0 aromatic heterocycles. The van der Waals surface area contributed by atoms with Crippen LogP contribution in [-0.2, 0) is 65.6 Å². The maximum absolute atomic E-state index is 14.0. The molecular formula is C45H64N12O16. The SMILES string of the molecule is NCCCCC(NC(=O)C(Cc1ccccc1)NC(=O)CNC(=O)C(CC(=O)O)NC(=O)C(Cc1ccc(O)cc1)NC(=O)C(CC(=O)O)NC(=O)C(CCC(=O)O)NC(=O)C(N)CCCN=C(N)N)C(=O)O. The van der Waals surface area contributed by atoms with Gasteiger partial charge in [-0.15, -0.1) is 0 Å². The van der Waals surface area contributed by atoms with Gasteiger partial charge in [-0.2, -0.15) is 0 Å². The number of aliphatic carboxylic acids is 4. The average Bonchev–Trinajstić information content (AvgIpc) is 3.32. The third-order valence-electron chi connectivity index (χ3n) is 10.5. The van der Waals surface area contributed by atoms with Gasteiger partial charge in [0.2, 0.25) is 41.4 Å². The fourth-order valence-electron chi connectivity index (χ4n) is 6.75. The molecule has 20 N–H and O–H groups in total. The van der Waals surface area contributed by atoms with Crippen LogP contribution in [0.25, 0.3) is 0 Å². The first kappa shape index (κ1) is 60.7. The number of benzene rings is 2. The largest absolute Gasteiger partial charge is 0.508 e. The molecular weight excluding hydrogens is 965 g/mol. The van der Waals surface area contributed by atoms with Gasteiger partial charge in [-0.05, 0) is 68.3 Å². The predicted octanol–water partition coefficient (Wildman–Crippen LogP) is -4.39. The number of carboxylic acids is 4. The number of nitrogens with one attached hydrogen (secondary N) is 7. The van der Waals surface area contributed by atoms with E-state index in [1.54, 1.807) is 30.3 Å². The van der Waals surface area contributed by atoms with Crippen LogP contribution in [0.1, 0.15) is 68.9 Å². The highest BCUT2D eigenvalue weighted by molar-refractivity contribution is 5.98. The van der Waals surface area contributed by atoms with Gasteiger partial charge in [-0.3, -0.25) is 52.9 Å². The number of hydrogen-bond donors (Lipinski definition) is 16. The standard InChI is InChI=1S/C45H64N12O16/c46-17-5-4-10-29(44(72)73)54-41(69)30(19-24-7-2-1-3-8-24)52-34(59)23-51-39(67)32(21-36(62)63)56-42(70)31(20-25-11-13-26(58)14-12-25)55-43(71)33(22-37(64)65)57-40(68)28(15-16-35(60)61)53-38(66)27(47)9-6-18-50-45(48)49/h1-3,7-8,11-14,27-33,58H,4-6,9-10,15-23,46-47H2,(H,51,67)(H,52,59)(H,53,66)(H,54,69)(H,55,71)(H,56,70)(H,57,68)(H,60,61)(H,62,63)(H,64,65)(H,72,73)(H4,48,49,50). The van der Waals surface area contributed by atoms with Crippen LogP contribution < -0.4 is 60.2 Å². The second-order valence-electron chi connectivity index (χ2n) is 16.5. The minimum absolute atomic E-state index is 0.0130. The summed E-state index contributed by atoms with van der Waals surface area (Å²) in [5, 5.41) is 64.1. The predicted molar refractivity (Wildman–Crippen MR) is 256 cm³/mol. The van der Waals surface area contributed by atoms with E-state index in [0.717, 1.165) is 0 Å². The molecule has 7 atom stereocenters. The molecule has 2 aromatic carbocycles. The van der Waals surface area contributed by atoms with E-state index in [0.29, 0.717) is 18.4 Å². The Morgan fingerprint density at radius 2 is 1.01 bits per heavy atom. The first-order valence-corrected chi connectivity index (χ1v) is 22.8. The summed E-state index contributed by atoms with van der Waals surface area (Å²) >= 11 is 0. The Morgan fingerprint density at radius 3 is 1.55 bits per heavy atom. The Balaban J connectivity index is 2.36. The van der Waals surface area contributed by atoms with E-state index in [9.17, 15) is 78.3 Å². The van der Waals surface area contributed by atoms with Gasteiger partial charge in [-0.25, -0.2) is 4.79 Å². The summed E-state index contributed by atoms with van der Waals surface area (Å²) < 4.78 is 0. The highest BCUT2D eigenvalue weighted by Crippen LogP contribution is 2.13. The number of aromatic hydroxyl groups is 1. The Kier molecular flexibility index (Phi) is 26.4. The van der Waals surface area contributed by atoms with Gasteiger partial charge in [0.15, 0.2) is 5.96 Å². The average molecular weight is 1030 g/mol. The van der Waals surface area contributed by atoms with Crippen molar-refractivity contribution in [1.82, 2.24) is 37.2 Å². The van der Waals surface area contributed by atoms with Crippen LogP contribution in [0.4, 0.5) is 0 Å². The van der Waals surface area contributed by atoms with Crippen molar-refractivity contribution in [3.63, 3.8) is 0 Å². The van der Waals surface area contributed by atoms with Gasteiger partial charge in [0.25, 0.3) is 0 Å². The van der Waals surface area contributed by atoms with Crippen molar-refractivity contribution < 1.29 is 78.3 Å². The number of nitrogens with zero attached hydrogens (tertiary/aromatic N) is 1. The molecule has 400 valence electrons. The van der Waals surface area contributed by atoms with E-state index >= 15 is 0 Å². The van der Waals surface area contributed by atoms with Crippen LogP contribution >= 0.6 is 0 Å². The van der Waals surface area contributed by atoms with Gasteiger partial charge in [0, 0.05) is 25.8 Å².